The molecule has 0 atom stereocenters. The minimum Gasteiger partial charge on any atom is -0.478 e. The number of benzene rings is 2. The predicted molar refractivity (Wildman–Crippen MR) is 127 cm³/mol. The lowest BCUT2D eigenvalue weighted by atomic mass is 10.1. The molecule has 3 nitrogen and oxygen atoms in total. The Bertz CT molecular complexity index is 829. The van der Waals surface area contributed by atoms with Crippen molar-refractivity contribution in [2.45, 2.75) is 59.2 Å². The molecule has 1 heterocycles. The van der Waals surface area contributed by atoms with Gasteiger partial charge in [-0.1, -0.05) is 51.2 Å². The lowest BCUT2D eigenvalue weighted by Crippen LogP contribution is -2.33. The van der Waals surface area contributed by atoms with Gasteiger partial charge in [-0.3, -0.25) is 9.29 Å². The summed E-state index contributed by atoms with van der Waals surface area (Å²) in [6.07, 6.45) is 2.31. The Labute approximate surface area is 191 Å². The van der Waals surface area contributed by atoms with Crippen LogP contribution in [0.25, 0.3) is 0 Å². The summed E-state index contributed by atoms with van der Waals surface area (Å²) < 4.78 is 24.2. The SMILES string of the molecule is CC.CCCCF.O=C(O)c1ccc(C#Cc2ccc(CN3CCC(F)CC3)cc2)cc1. The second-order valence-electron chi connectivity index (χ2n) is 7.32. The Morgan fingerprint density at radius 3 is 1.91 bits per heavy atom. The molecule has 1 aliphatic rings. The summed E-state index contributed by atoms with van der Waals surface area (Å²) in [6, 6.07) is 14.6. The van der Waals surface area contributed by atoms with Gasteiger partial charge >= 0.3 is 5.97 Å². The molecule has 5 heteroatoms. The van der Waals surface area contributed by atoms with Crippen molar-refractivity contribution in [3.63, 3.8) is 0 Å². The van der Waals surface area contributed by atoms with E-state index in [1.807, 2.05) is 32.9 Å². The van der Waals surface area contributed by atoms with Crippen LogP contribution in [-0.2, 0) is 6.54 Å². The Kier molecular flexibility index (Phi) is 13.7. The fourth-order valence-electron chi connectivity index (χ4n) is 2.99. The van der Waals surface area contributed by atoms with E-state index in [1.54, 1.807) is 24.3 Å². The Balaban J connectivity index is 0.000000646. The van der Waals surface area contributed by atoms with E-state index in [0.717, 1.165) is 43.6 Å². The topological polar surface area (TPSA) is 40.5 Å². The highest BCUT2D eigenvalue weighted by Crippen LogP contribution is 2.16. The highest BCUT2D eigenvalue weighted by Gasteiger charge is 2.17. The summed E-state index contributed by atoms with van der Waals surface area (Å²) in [5.74, 6) is 5.18. The lowest BCUT2D eigenvalue weighted by molar-refractivity contribution is 0.0697. The summed E-state index contributed by atoms with van der Waals surface area (Å²) in [7, 11) is 0. The van der Waals surface area contributed by atoms with Gasteiger partial charge in [-0.05, 0) is 61.2 Å². The van der Waals surface area contributed by atoms with Gasteiger partial charge in [-0.15, -0.1) is 0 Å². The van der Waals surface area contributed by atoms with Crippen molar-refractivity contribution in [1.29, 1.82) is 0 Å². The van der Waals surface area contributed by atoms with Crippen LogP contribution in [0.3, 0.4) is 0 Å². The van der Waals surface area contributed by atoms with Gasteiger partial charge in [0, 0.05) is 30.8 Å². The number of alkyl halides is 2. The van der Waals surface area contributed by atoms with Crippen LogP contribution in [0.2, 0.25) is 0 Å². The molecular weight excluding hydrogens is 408 g/mol. The first-order valence-corrected chi connectivity index (χ1v) is 11.4. The summed E-state index contributed by atoms with van der Waals surface area (Å²) >= 11 is 0. The van der Waals surface area contributed by atoms with E-state index in [-0.39, 0.29) is 12.2 Å². The molecule has 0 aromatic heterocycles. The molecule has 0 spiro atoms. The van der Waals surface area contributed by atoms with E-state index in [9.17, 15) is 13.6 Å². The van der Waals surface area contributed by atoms with Crippen LogP contribution in [-0.4, -0.2) is 41.9 Å². The summed E-state index contributed by atoms with van der Waals surface area (Å²) in [5, 5.41) is 8.88. The first-order chi connectivity index (χ1) is 15.5. The van der Waals surface area contributed by atoms with E-state index < -0.39 is 12.1 Å². The van der Waals surface area contributed by atoms with Crippen molar-refractivity contribution in [3.8, 4) is 11.8 Å². The average molecular weight is 444 g/mol. The van der Waals surface area contributed by atoms with Crippen LogP contribution in [0.15, 0.2) is 48.5 Å². The highest BCUT2D eigenvalue weighted by atomic mass is 19.1. The highest BCUT2D eigenvalue weighted by molar-refractivity contribution is 5.87. The number of unbranched alkanes of at least 4 members (excludes halogenated alkanes) is 1. The van der Waals surface area contributed by atoms with Gasteiger partial charge in [-0.25, -0.2) is 9.18 Å². The van der Waals surface area contributed by atoms with Crippen molar-refractivity contribution in [3.05, 3.63) is 70.8 Å². The van der Waals surface area contributed by atoms with Gasteiger partial charge in [0.15, 0.2) is 0 Å². The molecule has 1 saturated heterocycles. The quantitative estimate of drug-likeness (QED) is 0.536. The zero-order chi connectivity index (χ0) is 23.8. The third-order valence-electron chi connectivity index (χ3n) is 4.85. The fourth-order valence-corrected chi connectivity index (χ4v) is 2.99. The molecule has 1 N–H and O–H groups in total. The van der Waals surface area contributed by atoms with Crippen molar-refractivity contribution < 1.29 is 18.7 Å². The molecule has 0 bridgehead atoms. The molecule has 0 saturated carbocycles. The molecule has 0 aliphatic carbocycles. The first kappa shape index (κ1) is 27.3. The number of carbonyl (C=O) groups is 1. The monoisotopic (exact) mass is 443 g/mol. The zero-order valence-electron chi connectivity index (χ0n) is 19.4. The Hall–Kier alpha value is -2.71. The number of hydrogen-bond donors (Lipinski definition) is 1. The summed E-state index contributed by atoms with van der Waals surface area (Å²) in [4.78, 5) is 13.1. The number of aromatic carboxylic acids is 1. The van der Waals surface area contributed by atoms with Crippen molar-refractivity contribution in [2.75, 3.05) is 19.8 Å². The van der Waals surface area contributed by atoms with Crippen LogP contribution in [0.5, 0.6) is 0 Å². The molecule has 1 aliphatic heterocycles. The third kappa shape index (κ3) is 10.5. The second kappa shape index (κ2) is 16.0. The average Bonchev–Trinajstić information content (AvgIpc) is 2.82. The number of piperidine rings is 1. The molecule has 32 heavy (non-hydrogen) atoms. The minimum absolute atomic E-state index is 0.156. The van der Waals surface area contributed by atoms with Gasteiger partial charge in [0.2, 0.25) is 0 Å². The van der Waals surface area contributed by atoms with Crippen molar-refractivity contribution >= 4 is 5.97 Å². The van der Waals surface area contributed by atoms with Crippen LogP contribution < -0.4 is 0 Å². The molecule has 0 unspecified atom stereocenters. The number of halogens is 2. The van der Waals surface area contributed by atoms with Gasteiger partial charge in [0.1, 0.15) is 6.17 Å². The third-order valence-corrected chi connectivity index (χ3v) is 4.85. The van der Waals surface area contributed by atoms with Crippen LogP contribution in [0, 0.1) is 11.8 Å². The summed E-state index contributed by atoms with van der Waals surface area (Å²) in [6.45, 7) is 8.29. The smallest absolute Gasteiger partial charge is 0.335 e. The van der Waals surface area contributed by atoms with E-state index in [1.165, 1.54) is 5.56 Å². The van der Waals surface area contributed by atoms with E-state index in [4.69, 9.17) is 5.11 Å². The lowest BCUT2D eigenvalue weighted by Gasteiger charge is -2.28. The predicted octanol–water partition coefficient (Wildman–Crippen LogP) is 6.50. The van der Waals surface area contributed by atoms with Crippen molar-refractivity contribution in [2.24, 2.45) is 0 Å². The standard InChI is InChI=1S/C21H20FNO2.C4H9F.C2H6/c22-20-11-13-23(14-12-20)15-18-5-3-16(4-6-18)1-2-17-7-9-19(10-8-17)21(24)25;1-2-3-4-5;1-2/h3-10,20H,11-15H2,(H,24,25);2-4H2,1H3;1-2H3. The van der Waals surface area contributed by atoms with Crippen LogP contribution in [0.1, 0.15) is 73.5 Å². The number of hydrogen-bond acceptors (Lipinski definition) is 2. The first-order valence-electron chi connectivity index (χ1n) is 11.4. The van der Waals surface area contributed by atoms with Gasteiger partial charge in [0.25, 0.3) is 0 Å². The second-order valence-corrected chi connectivity index (χ2v) is 7.32. The molecule has 1 fully saturated rings. The van der Waals surface area contributed by atoms with Crippen LogP contribution in [0.4, 0.5) is 8.78 Å². The Morgan fingerprint density at radius 1 is 1.00 bits per heavy atom. The Morgan fingerprint density at radius 2 is 1.50 bits per heavy atom. The zero-order valence-corrected chi connectivity index (χ0v) is 19.4. The molecule has 0 amide bonds. The fraction of sp³-hybridized carbons (Fsp3) is 0.444. The molecule has 0 radical (unpaired) electrons. The number of carboxylic acids is 1. The van der Waals surface area contributed by atoms with E-state index >= 15 is 0 Å². The molecule has 2 aromatic rings. The minimum atomic E-state index is -0.939. The molecular formula is C27H35F2NO2. The largest absolute Gasteiger partial charge is 0.478 e. The van der Waals surface area contributed by atoms with E-state index in [2.05, 4.69) is 28.9 Å². The maximum atomic E-state index is 13.2. The normalized spacial score (nSPS) is 13.5. The molecule has 2 aromatic carbocycles. The van der Waals surface area contributed by atoms with Crippen LogP contribution >= 0.6 is 0 Å². The number of carboxylic acid groups (broad SMARTS) is 1. The van der Waals surface area contributed by atoms with Crippen molar-refractivity contribution in [1.82, 2.24) is 4.90 Å². The van der Waals surface area contributed by atoms with Gasteiger partial charge < -0.3 is 5.11 Å². The number of nitrogens with zero attached hydrogens (tertiary/aromatic N) is 1. The maximum Gasteiger partial charge on any atom is 0.335 e. The molecule has 174 valence electrons. The summed E-state index contributed by atoms with van der Waals surface area (Å²) in [5.41, 5.74) is 3.15. The number of likely N-dealkylation sites (tertiary alicyclic amines) is 1. The van der Waals surface area contributed by atoms with Gasteiger partial charge in [-0.2, -0.15) is 0 Å². The van der Waals surface area contributed by atoms with E-state index in [0.29, 0.717) is 12.8 Å². The number of rotatable bonds is 5. The molecule has 3 rings (SSSR count). The van der Waals surface area contributed by atoms with Gasteiger partial charge in [0.05, 0.1) is 12.2 Å². The maximum absolute atomic E-state index is 13.2.